The summed E-state index contributed by atoms with van der Waals surface area (Å²) in [6, 6.07) is 6.89. The summed E-state index contributed by atoms with van der Waals surface area (Å²) in [5.74, 6) is 0.208. The molecule has 0 N–H and O–H groups in total. The SMILES string of the molecule is COc1cccc2cc(C(=O)N3CCN(C)CC3)c(=O)oc12. The van der Waals surface area contributed by atoms with E-state index in [2.05, 4.69) is 4.90 Å². The zero-order valence-electron chi connectivity index (χ0n) is 12.7. The summed E-state index contributed by atoms with van der Waals surface area (Å²) >= 11 is 0. The first-order valence-electron chi connectivity index (χ1n) is 7.19. The highest BCUT2D eigenvalue weighted by Gasteiger charge is 2.24. The van der Waals surface area contributed by atoms with Gasteiger partial charge in [-0.15, -0.1) is 0 Å². The van der Waals surface area contributed by atoms with Gasteiger partial charge < -0.3 is 19.0 Å². The van der Waals surface area contributed by atoms with Gasteiger partial charge in [-0.1, -0.05) is 12.1 Å². The van der Waals surface area contributed by atoms with Crippen LogP contribution in [-0.4, -0.2) is 56.0 Å². The van der Waals surface area contributed by atoms with Gasteiger partial charge in [0, 0.05) is 31.6 Å². The molecule has 0 spiro atoms. The molecule has 0 radical (unpaired) electrons. The van der Waals surface area contributed by atoms with Crippen LogP contribution >= 0.6 is 0 Å². The molecule has 3 rings (SSSR count). The monoisotopic (exact) mass is 302 g/mol. The van der Waals surface area contributed by atoms with Gasteiger partial charge in [-0.05, 0) is 19.2 Å². The van der Waals surface area contributed by atoms with Crippen molar-refractivity contribution in [1.29, 1.82) is 0 Å². The first kappa shape index (κ1) is 14.6. The van der Waals surface area contributed by atoms with E-state index in [0.29, 0.717) is 29.8 Å². The normalized spacial score (nSPS) is 16.0. The molecule has 22 heavy (non-hydrogen) atoms. The average molecular weight is 302 g/mol. The number of para-hydroxylation sites is 1. The van der Waals surface area contributed by atoms with E-state index in [4.69, 9.17) is 9.15 Å². The van der Waals surface area contributed by atoms with Crippen molar-refractivity contribution in [2.24, 2.45) is 0 Å². The number of methoxy groups -OCH3 is 1. The molecule has 0 saturated carbocycles. The summed E-state index contributed by atoms with van der Waals surface area (Å²) in [5.41, 5.74) is -0.184. The summed E-state index contributed by atoms with van der Waals surface area (Å²) in [4.78, 5) is 28.6. The maximum absolute atomic E-state index is 12.5. The van der Waals surface area contributed by atoms with Crippen molar-refractivity contribution < 1.29 is 13.9 Å². The molecule has 0 bridgehead atoms. The second-order valence-electron chi connectivity index (χ2n) is 5.42. The van der Waals surface area contributed by atoms with Gasteiger partial charge >= 0.3 is 5.63 Å². The molecule has 1 fully saturated rings. The second-order valence-corrected chi connectivity index (χ2v) is 5.42. The molecule has 1 aliphatic rings. The third kappa shape index (κ3) is 2.57. The van der Waals surface area contributed by atoms with Crippen molar-refractivity contribution in [2.45, 2.75) is 0 Å². The lowest BCUT2D eigenvalue weighted by Crippen LogP contribution is -2.48. The molecule has 1 aromatic carbocycles. The number of hydrogen-bond acceptors (Lipinski definition) is 5. The van der Waals surface area contributed by atoms with E-state index in [0.717, 1.165) is 13.1 Å². The van der Waals surface area contributed by atoms with Crippen LogP contribution in [0.5, 0.6) is 5.75 Å². The Kier molecular flexibility index (Phi) is 3.85. The molecule has 1 aromatic heterocycles. The highest BCUT2D eigenvalue weighted by molar-refractivity contribution is 5.97. The highest BCUT2D eigenvalue weighted by Crippen LogP contribution is 2.24. The Labute approximate surface area is 127 Å². The summed E-state index contributed by atoms with van der Waals surface area (Å²) in [7, 11) is 3.52. The highest BCUT2D eigenvalue weighted by atomic mass is 16.5. The maximum atomic E-state index is 12.5. The Morgan fingerprint density at radius 2 is 1.95 bits per heavy atom. The number of amides is 1. The van der Waals surface area contributed by atoms with Crippen LogP contribution in [0.1, 0.15) is 10.4 Å². The Morgan fingerprint density at radius 1 is 1.23 bits per heavy atom. The van der Waals surface area contributed by atoms with E-state index in [-0.39, 0.29) is 11.5 Å². The van der Waals surface area contributed by atoms with Gasteiger partial charge in [-0.2, -0.15) is 0 Å². The van der Waals surface area contributed by atoms with E-state index in [9.17, 15) is 9.59 Å². The fourth-order valence-corrected chi connectivity index (χ4v) is 2.61. The largest absolute Gasteiger partial charge is 0.493 e. The number of carbonyl (C=O) groups excluding carboxylic acids is 1. The topological polar surface area (TPSA) is 63.0 Å². The lowest BCUT2D eigenvalue weighted by atomic mass is 10.1. The van der Waals surface area contributed by atoms with E-state index in [1.54, 1.807) is 29.2 Å². The molecule has 6 nitrogen and oxygen atoms in total. The molecule has 1 amide bonds. The second kappa shape index (κ2) is 5.81. The van der Waals surface area contributed by atoms with Crippen LogP contribution < -0.4 is 10.4 Å². The molecule has 2 aromatic rings. The summed E-state index contributed by atoms with van der Waals surface area (Å²) in [6.45, 7) is 2.84. The van der Waals surface area contributed by atoms with E-state index >= 15 is 0 Å². The van der Waals surface area contributed by atoms with Crippen molar-refractivity contribution in [3.05, 3.63) is 40.2 Å². The molecule has 0 atom stereocenters. The molecule has 2 heterocycles. The van der Waals surface area contributed by atoms with Crippen molar-refractivity contribution in [3.63, 3.8) is 0 Å². The lowest BCUT2D eigenvalue weighted by Gasteiger charge is -2.32. The molecule has 116 valence electrons. The van der Waals surface area contributed by atoms with Crippen LogP contribution in [0, 0.1) is 0 Å². The van der Waals surface area contributed by atoms with Crippen molar-refractivity contribution in [2.75, 3.05) is 40.3 Å². The van der Waals surface area contributed by atoms with Gasteiger partial charge in [-0.25, -0.2) is 4.79 Å². The molecule has 0 aliphatic carbocycles. The third-order valence-electron chi connectivity index (χ3n) is 3.96. The maximum Gasteiger partial charge on any atom is 0.349 e. The van der Waals surface area contributed by atoms with Crippen LogP contribution in [0.2, 0.25) is 0 Å². The van der Waals surface area contributed by atoms with Gasteiger partial charge in [0.25, 0.3) is 5.91 Å². The van der Waals surface area contributed by atoms with Crippen molar-refractivity contribution in [1.82, 2.24) is 9.80 Å². The van der Waals surface area contributed by atoms with E-state index < -0.39 is 5.63 Å². The number of nitrogens with zero attached hydrogens (tertiary/aromatic N) is 2. The minimum absolute atomic E-state index is 0.0744. The number of likely N-dealkylation sites (N-methyl/N-ethyl adjacent to an activating group) is 1. The predicted octanol–water partition coefficient (Wildman–Crippen LogP) is 1.19. The zero-order chi connectivity index (χ0) is 15.7. The fourth-order valence-electron chi connectivity index (χ4n) is 2.61. The van der Waals surface area contributed by atoms with Crippen LogP contribution in [-0.2, 0) is 0 Å². The van der Waals surface area contributed by atoms with Gasteiger partial charge in [0.2, 0.25) is 0 Å². The van der Waals surface area contributed by atoms with Crippen molar-refractivity contribution in [3.8, 4) is 5.75 Å². The minimum atomic E-state index is -0.624. The Morgan fingerprint density at radius 3 is 2.64 bits per heavy atom. The smallest absolute Gasteiger partial charge is 0.349 e. The molecular weight excluding hydrogens is 284 g/mol. The zero-order valence-corrected chi connectivity index (χ0v) is 12.7. The minimum Gasteiger partial charge on any atom is -0.493 e. The van der Waals surface area contributed by atoms with Crippen LogP contribution in [0.4, 0.5) is 0 Å². The first-order valence-corrected chi connectivity index (χ1v) is 7.19. The number of piperazine rings is 1. The number of benzene rings is 1. The number of fused-ring (bicyclic) bond motifs is 1. The van der Waals surface area contributed by atoms with Crippen molar-refractivity contribution >= 4 is 16.9 Å². The Bertz CT molecular complexity index is 760. The lowest BCUT2D eigenvalue weighted by molar-refractivity contribution is 0.0660. The van der Waals surface area contributed by atoms with Crippen LogP contribution in [0.25, 0.3) is 11.0 Å². The molecule has 1 aliphatic heterocycles. The quantitative estimate of drug-likeness (QED) is 0.780. The standard InChI is InChI=1S/C16H18N2O4/c1-17-6-8-18(9-7-17)15(19)12-10-11-4-3-5-13(21-2)14(11)22-16(12)20/h3-5,10H,6-9H2,1-2H3. The van der Waals surface area contributed by atoms with Crippen LogP contribution in [0.15, 0.2) is 33.5 Å². The van der Waals surface area contributed by atoms with Gasteiger partial charge in [0.15, 0.2) is 11.3 Å². The first-order chi connectivity index (χ1) is 10.6. The summed E-state index contributed by atoms with van der Waals surface area (Å²) in [6.07, 6.45) is 0. The summed E-state index contributed by atoms with van der Waals surface area (Å²) in [5, 5.41) is 0.677. The van der Waals surface area contributed by atoms with Crippen LogP contribution in [0.3, 0.4) is 0 Å². The van der Waals surface area contributed by atoms with Gasteiger partial charge in [0.1, 0.15) is 5.56 Å². The molecule has 0 unspecified atom stereocenters. The van der Waals surface area contributed by atoms with E-state index in [1.807, 2.05) is 7.05 Å². The average Bonchev–Trinajstić information content (AvgIpc) is 2.53. The molecule has 6 heteroatoms. The third-order valence-corrected chi connectivity index (χ3v) is 3.96. The number of carbonyl (C=O) groups is 1. The molecule has 1 saturated heterocycles. The van der Waals surface area contributed by atoms with Gasteiger partial charge in [-0.3, -0.25) is 4.79 Å². The number of hydrogen-bond donors (Lipinski definition) is 0. The predicted molar refractivity (Wildman–Crippen MR) is 82.4 cm³/mol. The number of rotatable bonds is 2. The summed E-state index contributed by atoms with van der Waals surface area (Å²) < 4.78 is 10.5. The Hall–Kier alpha value is -2.34. The van der Waals surface area contributed by atoms with Gasteiger partial charge in [0.05, 0.1) is 7.11 Å². The number of ether oxygens (including phenoxy) is 1. The van der Waals surface area contributed by atoms with E-state index in [1.165, 1.54) is 7.11 Å². The molecular formula is C16H18N2O4. The fraction of sp³-hybridized carbons (Fsp3) is 0.375. The Balaban J connectivity index is 1.99.